The van der Waals surface area contributed by atoms with Gasteiger partial charge < -0.3 is 20.5 Å². The molecule has 2 amide bonds. The summed E-state index contributed by atoms with van der Waals surface area (Å²) in [5.41, 5.74) is 7.39. The van der Waals surface area contributed by atoms with Crippen LogP contribution in [0.4, 0.5) is 4.79 Å². The number of carbonyl (C=O) groups excluding carboxylic acids is 1. The number of rotatable bonds is 6. The average Bonchev–Trinajstić information content (AvgIpc) is 3.38. The molecule has 4 rings (SSSR count). The van der Waals surface area contributed by atoms with Crippen LogP contribution in [0, 0.1) is 0 Å². The van der Waals surface area contributed by atoms with Gasteiger partial charge in [0.05, 0.1) is 18.9 Å². The van der Waals surface area contributed by atoms with Gasteiger partial charge in [-0.15, -0.1) is 0 Å². The number of nitrogens with two attached hydrogens (primary N) is 1. The Morgan fingerprint density at radius 3 is 2.73 bits per heavy atom. The molecule has 3 heterocycles. The number of hydrogen-bond donors (Lipinski definition) is 2. The average molecular weight is 407 g/mol. The van der Waals surface area contributed by atoms with Crippen molar-refractivity contribution in [3.05, 3.63) is 71.8 Å². The lowest BCUT2D eigenvalue weighted by Gasteiger charge is -2.14. The Bertz CT molecular complexity index is 1070. The molecule has 1 atom stereocenters. The Hall–Kier alpha value is -3.88. The third-order valence-electron chi connectivity index (χ3n) is 5.05. The minimum absolute atomic E-state index is 0.0637. The summed E-state index contributed by atoms with van der Waals surface area (Å²) in [5, 5.41) is 13.5. The van der Waals surface area contributed by atoms with Crippen molar-refractivity contribution < 1.29 is 19.4 Å². The van der Waals surface area contributed by atoms with E-state index >= 15 is 0 Å². The highest BCUT2D eigenvalue weighted by molar-refractivity contribution is 5.95. The number of aromatic nitrogens is 3. The third kappa shape index (κ3) is 4.24. The fraction of sp³-hybridized carbons (Fsp3) is 0.238. The highest BCUT2D eigenvalue weighted by Gasteiger charge is 2.29. The molecule has 0 aliphatic carbocycles. The predicted octanol–water partition coefficient (Wildman–Crippen LogP) is 2.68. The maximum atomic E-state index is 11.8. The second-order valence-electron chi connectivity index (χ2n) is 7.15. The van der Waals surface area contributed by atoms with Gasteiger partial charge in [-0.3, -0.25) is 14.5 Å². The van der Waals surface area contributed by atoms with Crippen molar-refractivity contribution in [3.63, 3.8) is 0 Å². The Balaban J connectivity index is 1.54. The first-order valence-electron chi connectivity index (χ1n) is 9.51. The topological polar surface area (TPSA) is 124 Å². The van der Waals surface area contributed by atoms with E-state index in [4.69, 9.17) is 15.6 Å². The molecule has 2 aromatic heterocycles. The molecule has 3 N–H and O–H groups in total. The second-order valence-corrected chi connectivity index (χ2v) is 7.15. The number of likely N-dealkylation sites (tertiary alicyclic amines) is 1. The molecule has 1 unspecified atom stereocenters. The zero-order chi connectivity index (χ0) is 21.1. The van der Waals surface area contributed by atoms with Crippen molar-refractivity contribution >= 4 is 12.0 Å². The van der Waals surface area contributed by atoms with E-state index in [-0.39, 0.29) is 17.2 Å². The third-order valence-corrected chi connectivity index (χ3v) is 5.05. The molecule has 9 heteroatoms. The largest absolute Gasteiger partial charge is 0.465 e. The number of carboxylic acid groups (broad SMARTS) is 1. The number of pyridine rings is 1. The number of carbonyl (C=O) groups is 2. The van der Waals surface area contributed by atoms with Crippen LogP contribution in [-0.4, -0.2) is 49.9 Å². The van der Waals surface area contributed by atoms with Crippen molar-refractivity contribution in [2.75, 3.05) is 13.1 Å². The van der Waals surface area contributed by atoms with Crippen molar-refractivity contribution in [2.45, 2.75) is 18.9 Å². The minimum Gasteiger partial charge on any atom is -0.465 e. The van der Waals surface area contributed by atoms with Gasteiger partial charge in [0.15, 0.2) is 5.75 Å². The van der Waals surface area contributed by atoms with Crippen LogP contribution in [0.15, 0.2) is 55.0 Å². The lowest BCUT2D eigenvalue weighted by Crippen LogP contribution is -2.26. The van der Waals surface area contributed by atoms with Crippen LogP contribution in [-0.2, 0) is 6.54 Å². The summed E-state index contributed by atoms with van der Waals surface area (Å²) in [7, 11) is 0. The first kappa shape index (κ1) is 19.4. The van der Waals surface area contributed by atoms with E-state index in [1.54, 1.807) is 23.1 Å². The van der Waals surface area contributed by atoms with Crippen LogP contribution in [0.2, 0.25) is 0 Å². The monoisotopic (exact) mass is 407 g/mol. The van der Waals surface area contributed by atoms with Gasteiger partial charge in [0.1, 0.15) is 11.3 Å². The number of ether oxygens (including phenoxy) is 1. The van der Waals surface area contributed by atoms with Gasteiger partial charge in [-0.2, -0.15) is 5.10 Å². The molecule has 9 nitrogen and oxygen atoms in total. The van der Waals surface area contributed by atoms with Crippen molar-refractivity contribution in [2.24, 2.45) is 5.73 Å². The van der Waals surface area contributed by atoms with E-state index in [1.165, 1.54) is 11.1 Å². The van der Waals surface area contributed by atoms with Crippen LogP contribution >= 0.6 is 0 Å². The predicted molar refractivity (Wildman–Crippen MR) is 108 cm³/mol. The van der Waals surface area contributed by atoms with Gasteiger partial charge in [0, 0.05) is 37.0 Å². The van der Waals surface area contributed by atoms with Crippen LogP contribution in [0.3, 0.4) is 0 Å². The number of primary amides is 1. The summed E-state index contributed by atoms with van der Waals surface area (Å²) in [6.07, 6.45) is 4.39. The van der Waals surface area contributed by atoms with E-state index in [0.717, 1.165) is 5.56 Å². The highest BCUT2D eigenvalue weighted by Crippen LogP contribution is 2.31. The summed E-state index contributed by atoms with van der Waals surface area (Å²) < 4.78 is 7.64. The zero-order valence-corrected chi connectivity index (χ0v) is 16.1. The molecule has 0 bridgehead atoms. The minimum atomic E-state index is -0.950. The number of amides is 2. The van der Waals surface area contributed by atoms with Crippen LogP contribution in [0.1, 0.15) is 34.0 Å². The van der Waals surface area contributed by atoms with Crippen LogP contribution in [0.5, 0.6) is 11.5 Å². The van der Waals surface area contributed by atoms with Gasteiger partial charge in [-0.1, -0.05) is 30.3 Å². The standard InChI is InChI=1S/C21H21N5O4/c22-20(27)17-10-23-18(15-6-7-25(12-15)21(28)29)8-19(17)30-16-9-24-26(13-16)11-14-4-2-1-3-5-14/h1-5,8-10,13,15H,6-7,11-12H2,(H2,22,27)(H,28,29). The number of nitrogens with zero attached hydrogens (tertiary/aromatic N) is 4. The summed E-state index contributed by atoms with van der Waals surface area (Å²) in [5.74, 6) is 0.0233. The molecular formula is C21H21N5O4. The van der Waals surface area contributed by atoms with Gasteiger partial charge in [0.25, 0.3) is 5.91 Å². The first-order valence-corrected chi connectivity index (χ1v) is 9.51. The molecule has 1 aliphatic rings. The summed E-state index contributed by atoms with van der Waals surface area (Å²) >= 11 is 0. The van der Waals surface area contributed by atoms with E-state index in [2.05, 4.69) is 10.1 Å². The lowest BCUT2D eigenvalue weighted by molar-refractivity contribution is 0.0997. The number of hydrogen-bond acceptors (Lipinski definition) is 5. The maximum Gasteiger partial charge on any atom is 0.407 e. The molecule has 3 aromatic rings. The van der Waals surface area contributed by atoms with Crippen molar-refractivity contribution in [1.29, 1.82) is 0 Å². The second kappa shape index (κ2) is 8.24. The van der Waals surface area contributed by atoms with Gasteiger partial charge in [-0.25, -0.2) is 4.79 Å². The van der Waals surface area contributed by atoms with Gasteiger partial charge >= 0.3 is 6.09 Å². The van der Waals surface area contributed by atoms with Crippen molar-refractivity contribution in [1.82, 2.24) is 19.7 Å². The summed E-state index contributed by atoms with van der Waals surface area (Å²) in [6.45, 7) is 1.38. The molecular weight excluding hydrogens is 386 g/mol. The smallest absolute Gasteiger partial charge is 0.407 e. The zero-order valence-electron chi connectivity index (χ0n) is 16.1. The Morgan fingerprint density at radius 1 is 1.23 bits per heavy atom. The van der Waals surface area contributed by atoms with Crippen LogP contribution in [0.25, 0.3) is 0 Å². The molecule has 1 fully saturated rings. The summed E-state index contributed by atoms with van der Waals surface area (Å²) in [4.78, 5) is 28.7. The molecule has 0 spiro atoms. The van der Waals surface area contributed by atoms with E-state index in [9.17, 15) is 9.59 Å². The molecule has 1 aromatic carbocycles. The van der Waals surface area contributed by atoms with Crippen molar-refractivity contribution in [3.8, 4) is 11.5 Å². The molecule has 154 valence electrons. The van der Waals surface area contributed by atoms with E-state index < -0.39 is 12.0 Å². The SMILES string of the molecule is NC(=O)c1cnc(C2CCN(C(=O)O)C2)cc1Oc1cnn(Cc2ccccc2)c1. The van der Waals surface area contributed by atoms with Gasteiger partial charge in [-0.05, 0) is 12.0 Å². The quantitative estimate of drug-likeness (QED) is 0.647. The molecule has 1 aliphatic heterocycles. The maximum absolute atomic E-state index is 11.8. The molecule has 0 saturated carbocycles. The van der Waals surface area contributed by atoms with E-state index in [0.29, 0.717) is 37.5 Å². The fourth-order valence-corrected chi connectivity index (χ4v) is 3.50. The molecule has 30 heavy (non-hydrogen) atoms. The first-order chi connectivity index (χ1) is 14.5. The number of benzene rings is 1. The molecule has 0 radical (unpaired) electrons. The van der Waals surface area contributed by atoms with Gasteiger partial charge in [0.2, 0.25) is 0 Å². The Morgan fingerprint density at radius 2 is 2.03 bits per heavy atom. The van der Waals surface area contributed by atoms with Crippen LogP contribution < -0.4 is 10.5 Å². The summed E-state index contributed by atoms with van der Waals surface area (Å²) in [6, 6.07) is 11.5. The fourth-order valence-electron chi connectivity index (χ4n) is 3.50. The highest BCUT2D eigenvalue weighted by atomic mass is 16.5. The Kier molecular flexibility index (Phi) is 5.34. The normalized spacial score (nSPS) is 15.9. The lowest BCUT2D eigenvalue weighted by atomic mass is 10.0. The molecule has 1 saturated heterocycles. The van der Waals surface area contributed by atoms with E-state index in [1.807, 2.05) is 30.3 Å². The Labute approximate surface area is 172 Å².